The minimum atomic E-state index is -3.45. The zero-order valence-corrected chi connectivity index (χ0v) is 12.4. The zero-order valence-electron chi connectivity index (χ0n) is 11.6. The summed E-state index contributed by atoms with van der Waals surface area (Å²) < 4.78 is 27.8. The average molecular weight is 282 g/mol. The summed E-state index contributed by atoms with van der Waals surface area (Å²) >= 11 is 0. The summed E-state index contributed by atoms with van der Waals surface area (Å²) in [7, 11) is -3.45. The largest absolute Gasteiger partial charge is 0.384 e. The number of sulfonamides is 1. The van der Waals surface area contributed by atoms with E-state index in [1.165, 1.54) is 0 Å². The topological polar surface area (TPSA) is 58.2 Å². The predicted molar refractivity (Wildman–Crippen MR) is 77.8 cm³/mol. The van der Waals surface area contributed by atoms with Gasteiger partial charge in [-0.25, -0.2) is 13.1 Å². The van der Waals surface area contributed by atoms with Crippen LogP contribution in [0.15, 0.2) is 29.2 Å². The summed E-state index contributed by atoms with van der Waals surface area (Å²) in [5, 5.41) is 3.17. The van der Waals surface area contributed by atoms with Crippen molar-refractivity contribution >= 4 is 15.7 Å². The Balaban J connectivity index is 2.24. The molecule has 1 aliphatic rings. The van der Waals surface area contributed by atoms with E-state index < -0.39 is 10.0 Å². The summed E-state index contributed by atoms with van der Waals surface area (Å²) in [6.07, 6.45) is 3.88. The molecular weight excluding hydrogens is 260 g/mol. The molecule has 106 valence electrons. The first-order chi connectivity index (χ1) is 8.97. The summed E-state index contributed by atoms with van der Waals surface area (Å²) in [5.41, 5.74) is 0.413. The van der Waals surface area contributed by atoms with E-state index in [1.807, 2.05) is 19.1 Å². The third-order valence-corrected chi connectivity index (χ3v) is 5.28. The monoisotopic (exact) mass is 282 g/mol. The third kappa shape index (κ3) is 3.28. The van der Waals surface area contributed by atoms with Crippen LogP contribution in [0.1, 0.15) is 39.5 Å². The molecule has 0 spiro atoms. The maximum Gasteiger partial charge on any atom is 0.243 e. The smallest absolute Gasteiger partial charge is 0.243 e. The van der Waals surface area contributed by atoms with Crippen LogP contribution in [0, 0.1) is 0 Å². The molecule has 0 heterocycles. The number of para-hydroxylation sites is 1. The second-order valence-corrected chi connectivity index (χ2v) is 7.09. The van der Waals surface area contributed by atoms with Gasteiger partial charge in [0.05, 0.1) is 5.69 Å². The lowest BCUT2D eigenvalue weighted by atomic mass is 9.80. The van der Waals surface area contributed by atoms with E-state index in [1.54, 1.807) is 12.1 Å². The number of hydrogen-bond donors (Lipinski definition) is 2. The van der Waals surface area contributed by atoms with Crippen LogP contribution in [0.25, 0.3) is 0 Å². The predicted octanol–water partition coefficient (Wildman–Crippen LogP) is 2.73. The maximum absolute atomic E-state index is 12.5. The molecule has 1 aliphatic carbocycles. The van der Waals surface area contributed by atoms with Crippen LogP contribution in [0.5, 0.6) is 0 Å². The fourth-order valence-corrected chi connectivity index (χ4v) is 3.95. The first-order valence-corrected chi connectivity index (χ1v) is 8.32. The van der Waals surface area contributed by atoms with E-state index in [9.17, 15) is 8.42 Å². The number of hydrogen-bond acceptors (Lipinski definition) is 3. The molecule has 0 aromatic heterocycles. The van der Waals surface area contributed by atoms with Gasteiger partial charge in [-0.15, -0.1) is 0 Å². The Morgan fingerprint density at radius 3 is 2.53 bits per heavy atom. The molecule has 19 heavy (non-hydrogen) atoms. The van der Waals surface area contributed by atoms with E-state index in [-0.39, 0.29) is 5.54 Å². The highest BCUT2D eigenvalue weighted by Crippen LogP contribution is 2.33. The fraction of sp³-hybridized carbons (Fsp3) is 0.571. The highest BCUT2D eigenvalue weighted by molar-refractivity contribution is 7.89. The van der Waals surface area contributed by atoms with Gasteiger partial charge in [0, 0.05) is 12.1 Å². The number of nitrogens with one attached hydrogen (secondary N) is 2. The summed E-state index contributed by atoms with van der Waals surface area (Å²) in [6.45, 7) is 4.79. The molecule has 2 rings (SSSR count). The quantitative estimate of drug-likeness (QED) is 0.843. The Morgan fingerprint density at radius 2 is 1.95 bits per heavy atom. The zero-order chi connectivity index (χ0) is 13.9. The molecule has 4 nitrogen and oxygen atoms in total. The number of rotatable bonds is 6. The molecule has 0 aliphatic heterocycles. The van der Waals surface area contributed by atoms with Crippen LogP contribution in [0.3, 0.4) is 0 Å². The van der Waals surface area contributed by atoms with Crippen LogP contribution in [-0.2, 0) is 10.0 Å². The molecule has 0 atom stereocenters. The van der Waals surface area contributed by atoms with Crippen molar-refractivity contribution in [3.8, 4) is 0 Å². The standard InChI is InChI=1S/C14H22N2O2S/c1-3-11-15-12-7-4-5-8-13(12)19(17,18)16-14(2)9-6-10-14/h4-5,7-8,15-16H,3,6,9-11H2,1-2H3. The van der Waals surface area contributed by atoms with Gasteiger partial charge in [0.15, 0.2) is 0 Å². The normalized spacial score (nSPS) is 17.8. The van der Waals surface area contributed by atoms with Crippen LogP contribution < -0.4 is 10.0 Å². The third-order valence-electron chi connectivity index (χ3n) is 3.58. The lowest BCUT2D eigenvalue weighted by Gasteiger charge is -2.38. The molecule has 1 fully saturated rings. The van der Waals surface area contributed by atoms with Crippen molar-refractivity contribution < 1.29 is 8.42 Å². The van der Waals surface area contributed by atoms with Crippen LogP contribution in [0.2, 0.25) is 0 Å². The van der Waals surface area contributed by atoms with Gasteiger partial charge < -0.3 is 5.32 Å². The highest BCUT2D eigenvalue weighted by Gasteiger charge is 2.36. The molecule has 1 aromatic rings. The summed E-state index contributed by atoms with van der Waals surface area (Å²) in [4.78, 5) is 0.344. The van der Waals surface area contributed by atoms with Crippen LogP contribution in [-0.4, -0.2) is 20.5 Å². The van der Waals surface area contributed by atoms with Gasteiger partial charge in [-0.1, -0.05) is 19.1 Å². The van der Waals surface area contributed by atoms with Crippen molar-refractivity contribution in [2.24, 2.45) is 0 Å². The average Bonchev–Trinajstić information content (AvgIpc) is 2.34. The number of anilines is 1. The van der Waals surface area contributed by atoms with Gasteiger partial charge in [0.25, 0.3) is 0 Å². The summed E-state index contributed by atoms with van der Waals surface area (Å²) in [5.74, 6) is 0. The van der Waals surface area contributed by atoms with Crippen LogP contribution >= 0.6 is 0 Å². The molecule has 0 radical (unpaired) electrons. The molecular formula is C14H22N2O2S. The van der Waals surface area contributed by atoms with E-state index in [0.29, 0.717) is 10.6 Å². The minimum absolute atomic E-state index is 0.267. The maximum atomic E-state index is 12.5. The summed E-state index contributed by atoms with van der Waals surface area (Å²) in [6, 6.07) is 7.08. The highest BCUT2D eigenvalue weighted by atomic mass is 32.2. The second kappa shape index (κ2) is 5.51. The molecule has 0 saturated heterocycles. The van der Waals surface area contributed by atoms with Gasteiger partial charge >= 0.3 is 0 Å². The van der Waals surface area contributed by atoms with Crippen molar-refractivity contribution in [2.75, 3.05) is 11.9 Å². The Kier molecular flexibility index (Phi) is 4.16. The fourth-order valence-electron chi connectivity index (χ4n) is 2.30. The van der Waals surface area contributed by atoms with Gasteiger partial charge in [0.1, 0.15) is 4.90 Å². The lowest BCUT2D eigenvalue weighted by molar-refractivity contribution is 0.248. The van der Waals surface area contributed by atoms with Crippen molar-refractivity contribution in [3.63, 3.8) is 0 Å². The second-order valence-electron chi connectivity index (χ2n) is 5.44. The Morgan fingerprint density at radius 1 is 1.26 bits per heavy atom. The van der Waals surface area contributed by atoms with Crippen molar-refractivity contribution in [2.45, 2.75) is 50.0 Å². The molecule has 2 N–H and O–H groups in total. The number of benzene rings is 1. The molecule has 0 unspecified atom stereocenters. The lowest BCUT2D eigenvalue weighted by Crippen LogP contribution is -2.50. The molecule has 0 bridgehead atoms. The first-order valence-electron chi connectivity index (χ1n) is 6.84. The Hall–Kier alpha value is -1.07. The molecule has 0 amide bonds. The Bertz CT molecular complexity index is 536. The van der Waals surface area contributed by atoms with Gasteiger partial charge in [0.2, 0.25) is 10.0 Å². The van der Waals surface area contributed by atoms with E-state index in [2.05, 4.69) is 17.0 Å². The van der Waals surface area contributed by atoms with E-state index in [4.69, 9.17) is 0 Å². The van der Waals surface area contributed by atoms with Gasteiger partial charge in [-0.2, -0.15) is 0 Å². The van der Waals surface area contributed by atoms with Crippen LogP contribution in [0.4, 0.5) is 5.69 Å². The van der Waals surface area contributed by atoms with E-state index in [0.717, 1.165) is 32.2 Å². The minimum Gasteiger partial charge on any atom is -0.384 e. The molecule has 1 aromatic carbocycles. The van der Waals surface area contributed by atoms with E-state index >= 15 is 0 Å². The van der Waals surface area contributed by atoms with Crippen molar-refractivity contribution in [1.82, 2.24) is 4.72 Å². The first kappa shape index (κ1) is 14.3. The van der Waals surface area contributed by atoms with Gasteiger partial charge in [-0.3, -0.25) is 0 Å². The molecule has 5 heteroatoms. The molecule has 1 saturated carbocycles. The van der Waals surface area contributed by atoms with Crippen molar-refractivity contribution in [1.29, 1.82) is 0 Å². The Labute approximate surface area is 115 Å². The SMILES string of the molecule is CCCNc1ccccc1S(=O)(=O)NC1(C)CCC1. The van der Waals surface area contributed by atoms with Gasteiger partial charge in [-0.05, 0) is 44.7 Å². The van der Waals surface area contributed by atoms with Crippen molar-refractivity contribution in [3.05, 3.63) is 24.3 Å².